The van der Waals surface area contributed by atoms with Gasteiger partial charge in [0.2, 0.25) is 5.91 Å². The molecule has 1 aromatic carbocycles. The monoisotopic (exact) mass is 269 g/mol. The molecule has 0 spiro atoms. The van der Waals surface area contributed by atoms with Gasteiger partial charge in [0.15, 0.2) is 0 Å². The topological polar surface area (TPSA) is 98.3 Å². The average molecular weight is 269 g/mol. The maximum atomic E-state index is 13.5. The number of anilines is 1. The molecule has 104 valence electrons. The average Bonchev–Trinajstić information content (AvgIpc) is 2.29. The number of nitro benzene ring substituents is 1. The van der Waals surface area contributed by atoms with E-state index < -0.39 is 28.1 Å². The molecule has 0 saturated heterocycles. The van der Waals surface area contributed by atoms with E-state index in [4.69, 9.17) is 5.73 Å². The van der Waals surface area contributed by atoms with E-state index in [0.29, 0.717) is 0 Å². The number of carbonyl (C=O) groups excluding carboxylic acids is 1. The van der Waals surface area contributed by atoms with Gasteiger partial charge in [-0.15, -0.1) is 0 Å². The summed E-state index contributed by atoms with van der Waals surface area (Å²) >= 11 is 0. The molecule has 0 saturated carbocycles. The lowest BCUT2D eigenvalue weighted by molar-refractivity contribution is -0.384. The Balaban J connectivity index is 2.96. The fourth-order valence-corrected chi connectivity index (χ4v) is 1.33. The molecule has 6 nitrogen and oxygen atoms in total. The molecule has 0 aromatic heterocycles. The molecule has 1 amide bonds. The summed E-state index contributed by atoms with van der Waals surface area (Å²) in [6.45, 7) is 5.29. The number of benzene rings is 1. The lowest BCUT2D eigenvalue weighted by Gasteiger charge is -2.25. The minimum atomic E-state index is -0.855. The lowest BCUT2D eigenvalue weighted by Crippen LogP contribution is -2.45. The van der Waals surface area contributed by atoms with Crippen LogP contribution >= 0.6 is 0 Å². The Morgan fingerprint density at radius 3 is 2.53 bits per heavy atom. The fourth-order valence-electron chi connectivity index (χ4n) is 1.33. The van der Waals surface area contributed by atoms with E-state index in [2.05, 4.69) is 5.32 Å². The van der Waals surface area contributed by atoms with Crippen LogP contribution in [0, 0.1) is 21.3 Å². The van der Waals surface area contributed by atoms with Crippen molar-refractivity contribution in [3.8, 4) is 0 Å². The Labute approximate surface area is 109 Å². The summed E-state index contributed by atoms with van der Waals surface area (Å²) < 4.78 is 13.5. The maximum absolute atomic E-state index is 13.5. The predicted octanol–water partition coefficient (Wildman–Crippen LogP) is 2.05. The second kappa shape index (κ2) is 5.31. The van der Waals surface area contributed by atoms with Crippen LogP contribution in [-0.4, -0.2) is 16.9 Å². The van der Waals surface area contributed by atoms with Gasteiger partial charge < -0.3 is 11.1 Å². The highest BCUT2D eigenvalue weighted by Gasteiger charge is 2.28. The number of non-ortho nitro benzene ring substituents is 1. The highest BCUT2D eigenvalue weighted by molar-refractivity contribution is 5.95. The Kier molecular flexibility index (Phi) is 4.21. The quantitative estimate of drug-likeness (QED) is 0.648. The molecule has 0 aliphatic carbocycles. The van der Waals surface area contributed by atoms with Gasteiger partial charge in [0.05, 0.1) is 16.7 Å². The van der Waals surface area contributed by atoms with Crippen molar-refractivity contribution in [1.29, 1.82) is 0 Å². The van der Waals surface area contributed by atoms with E-state index in [9.17, 15) is 19.3 Å². The number of nitrogens with one attached hydrogen (secondary N) is 1. The largest absolute Gasteiger partial charge is 0.322 e. The van der Waals surface area contributed by atoms with Gasteiger partial charge in [0, 0.05) is 12.1 Å². The Hall–Kier alpha value is -2.02. The molecule has 19 heavy (non-hydrogen) atoms. The predicted molar refractivity (Wildman–Crippen MR) is 69.1 cm³/mol. The molecule has 0 fully saturated rings. The Bertz CT molecular complexity index is 511. The molecule has 7 heteroatoms. The molecule has 0 bridgehead atoms. The minimum absolute atomic E-state index is 0.251. The van der Waals surface area contributed by atoms with E-state index in [1.807, 2.05) is 0 Å². The van der Waals surface area contributed by atoms with Crippen molar-refractivity contribution in [3.05, 3.63) is 34.1 Å². The number of nitrogens with two attached hydrogens (primary N) is 1. The third kappa shape index (κ3) is 3.72. The van der Waals surface area contributed by atoms with Gasteiger partial charge in [-0.25, -0.2) is 4.39 Å². The van der Waals surface area contributed by atoms with Crippen molar-refractivity contribution in [2.24, 2.45) is 11.1 Å². The zero-order chi connectivity index (χ0) is 14.8. The van der Waals surface area contributed by atoms with Crippen LogP contribution in [0.1, 0.15) is 20.8 Å². The number of carbonyl (C=O) groups is 1. The molecule has 1 rings (SSSR count). The molecule has 0 unspecified atom stereocenters. The van der Waals surface area contributed by atoms with Crippen LogP contribution < -0.4 is 11.1 Å². The number of halogens is 1. The molecule has 0 radical (unpaired) electrons. The third-order valence-corrected chi connectivity index (χ3v) is 2.63. The molecular weight excluding hydrogens is 253 g/mol. The number of amides is 1. The van der Waals surface area contributed by atoms with Gasteiger partial charge in [-0.05, 0) is 11.5 Å². The normalized spacial score (nSPS) is 12.9. The van der Waals surface area contributed by atoms with Gasteiger partial charge >= 0.3 is 0 Å². The minimum Gasteiger partial charge on any atom is -0.322 e. The summed E-state index contributed by atoms with van der Waals surface area (Å²) in [7, 11) is 0. The van der Waals surface area contributed by atoms with E-state index in [-0.39, 0.29) is 11.4 Å². The summed E-state index contributed by atoms with van der Waals surface area (Å²) in [5.74, 6) is -1.34. The SMILES string of the molecule is CC(C)(C)[C@H](N)C(=O)Nc1cc([N+](=O)[O-])ccc1F. The molecule has 0 aliphatic rings. The van der Waals surface area contributed by atoms with E-state index in [1.54, 1.807) is 20.8 Å². The van der Waals surface area contributed by atoms with Crippen LogP contribution in [0.2, 0.25) is 0 Å². The first-order valence-corrected chi connectivity index (χ1v) is 5.63. The molecule has 0 heterocycles. The van der Waals surface area contributed by atoms with E-state index >= 15 is 0 Å². The van der Waals surface area contributed by atoms with E-state index in [0.717, 1.165) is 18.2 Å². The number of hydrogen-bond donors (Lipinski definition) is 2. The molecule has 1 aromatic rings. The zero-order valence-electron chi connectivity index (χ0n) is 10.9. The van der Waals surface area contributed by atoms with Crippen LogP contribution in [0.5, 0.6) is 0 Å². The molecule has 1 atom stereocenters. The number of nitro groups is 1. The zero-order valence-corrected chi connectivity index (χ0v) is 10.9. The first-order chi connectivity index (χ1) is 8.62. The summed E-state index contributed by atoms with van der Waals surface area (Å²) in [5.41, 5.74) is 4.67. The van der Waals surface area contributed by atoms with Gasteiger partial charge in [-0.1, -0.05) is 20.8 Å². The van der Waals surface area contributed by atoms with Crippen LogP contribution in [0.25, 0.3) is 0 Å². The first-order valence-electron chi connectivity index (χ1n) is 5.63. The van der Waals surface area contributed by atoms with Gasteiger partial charge in [-0.3, -0.25) is 14.9 Å². The fraction of sp³-hybridized carbons (Fsp3) is 0.417. The Morgan fingerprint density at radius 2 is 2.05 bits per heavy atom. The number of hydrogen-bond acceptors (Lipinski definition) is 4. The van der Waals surface area contributed by atoms with Crippen molar-refractivity contribution in [1.82, 2.24) is 0 Å². The van der Waals surface area contributed by atoms with Crippen molar-refractivity contribution in [2.45, 2.75) is 26.8 Å². The van der Waals surface area contributed by atoms with Crippen LogP contribution in [-0.2, 0) is 4.79 Å². The second-order valence-corrected chi connectivity index (χ2v) is 5.25. The molecule has 3 N–H and O–H groups in total. The molecule has 0 aliphatic heterocycles. The van der Waals surface area contributed by atoms with Crippen molar-refractivity contribution in [2.75, 3.05) is 5.32 Å². The van der Waals surface area contributed by atoms with Crippen LogP contribution in [0.15, 0.2) is 18.2 Å². The standard InChI is InChI=1S/C12H16FN3O3/c1-12(2,3)10(14)11(17)15-9-6-7(16(18)19)4-5-8(9)13/h4-6,10H,14H2,1-3H3,(H,15,17)/t10-/m1/s1. The summed E-state index contributed by atoms with van der Waals surface area (Å²) in [4.78, 5) is 21.7. The smallest absolute Gasteiger partial charge is 0.271 e. The lowest BCUT2D eigenvalue weighted by atomic mass is 9.87. The van der Waals surface area contributed by atoms with Crippen molar-refractivity contribution < 1.29 is 14.1 Å². The molecular formula is C12H16FN3O3. The van der Waals surface area contributed by atoms with Gasteiger partial charge in [0.25, 0.3) is 5.69 Å². The van der Waals surface area contributed by atoms with Crippen LogP contribution in [0.4, 0.5) is 15.8 Å². The highest BCUT2D eigenvalue weighted by atomic mass is 19.1. The van der Waals surface area contributed by atoms with Crippen LogP contribution in [0.3, 0.4) is 0 Å². The third-order valence-electron chi connectivity index (χ3n) is 2.63. The Morgan fingerprint density at radius 1 is 1.47 bits per heavy atom. The van der Waals surface area contributed by atoms with Crippen molar-refractivity contribution >= 4 is 17.3 Å². The number of nitrogens with zero attached hydrogens (tertiary/aromatic N) is 1. The first kappa shape index (κ1) is 15.0. The highest BCUT2D eigenvalue weighted by Crippen LogP contribution is 2.23. The van der Waals surface area contributed by atoms with Gasteiger partial charge in [0.1, 0.15) is 5.82 Å². The van der Waals surface area contributed by atoms with Gasteiger partial charge in [-0.2, -0.15) is 0 Å². The maximum Gasteiger partial charge on any atom is 0.271 e. The van der Waals surface area contributed by atoms with E-state index in [1.165, 1.54) is 0 Å². The summed E-state index contributed by atoms with van der Waals surface area (Å²) in [6, 6.07) is 2.05. The van der Waals surface area contributed by atoms with Crippen molar-refractivity contribution in [3.63, 3.8) is 0 Å². The summed E-state index contributed by atoms with van der Waals surface area (Å²) in [6.07, 6.45) is 0. The second-order valence-electron chi connectivity index (χ2n) is 5.25. The number of rotatable bonds is 3. The summed E-state index contributed by atoms with van der Waals surface area (Å²) in [5, 5.41) is 12.9.